The summed E-state index contributed by atoms with van der Waals surface area (Å²) >= 11 is 1.72. The standard InChI is InChI=1S/C20H23N5OS/c1-13-6-7-15-14(12-13)18(23-22-15)19(26)24-8-10-25(11-9-24)20-21-16-4-2-3-5-17(16)27-20/h2-5,13H,6-12H2,1H3,(H,22,23). The number of carbonyl (C=O) groups is 1. The summed E-state index contributed by atoms with van der Waals surface area (Å²) in [4.78, 5) is 22.0. The molecule has 0 bridgehead atoms. The number of aromatic amines is 1. The predicted octanol–water partition coefficient (Wildman–Crippen LogP) is 3.11. The fourth-order valence-corrected chi connectivity index (χ4v) is 5.11. The van der Waals surface area contributed by atoms with Crippen LogP contribution < -0.4 is 4.90 Å². The van der Waals surface area contributed by atoms with Crippen LogP contribution in [0.4, 0.5) is 5.13 Å². The second kappa shape index (κ2) is 6.64. The summed E-state index contributed by atoms with van der Waals surface area (Å²) in [5.41, 5.74) is 4.00. The minimum absolute atomic E-state index is 0.0746. The molecule has 7 heteroatoms. The summed E-state index contributed by atoms with van der Waals surface area (Å²) < 4.78 is 1.21. The van der Waals surface area contributed by atoms with Gasteiger partial charge in [0.05, 0.1) is 10.2 Å². The first-order chi connectivity index (χ1) is 13.2. The van der Waals surface area contributed by atoms with Crippen LogP contribution in [0.15, 0.2) is 24.3 Å². The van der Waals surface area contributed by atoms with Gasteiger partial charge in [-0.3, -0.25) is 9.89 Å². The van der Waals surface area contributed by atoms with Crippen LogP contribution in [-0.4, -0.2) is 52.2 Å². The minimum Gasteiger partial charge on any atom is -0.345 e. The Hall–Kier alpha value is -2.41. The summed E-state index contributed by atoms with van der Waals surface area (Å²) in [6, 6.07) is 8.23. The van der Waals surface area contributed by atoms with E-state index in [1.807, 2.05) is 17.0 Å². The Bertz CT molecular complexity index is 952. The van der Waals surface area contributed by atoms with Gasteiger partial charge in [0, 0.05) is 37.4 Å². The highest BCUT2D eigenvalue weighted by Gasteiger charge is 2.30. The van der Waals surface area contributed by atoms with Gasteiger partial charge in [0.1, 0.15) is 0 Å². The van der Waals surface area contributed by atoms with Crippen molar-refractivity contribution in [2.75, 3.05) is 31.1 Å². The number of hydrogen-bond acceptors (Lipinski definition) is 5. The SMILES string of the molecule is CC1CCc2[nH]nc(C(=O)N3CCN(c4nc5ccccc5s4)CC3)c2C1. The molecule has 2 aliphatic rings. The summed E-state index contributed by atoms with van der Waals surface area (Å²) in [6.45, 7) is 5.31. The molecule has 1 fully saturated rings. The fraction of sp³-hybridized carbons (Fsp3) is 0.450. The molecular formula is C20H23N5OS. The summed E-state index contributed by atoms with van der Waals surface area (Å²) in [5, 5.41) is 8.52. The van der Waals surface area contributed by atoms with Gasteiger partial charge in [0.25, 0.3) is 5.91 Å². The lowest BCUT2D eigenvalue weighted by Crippen LogP contribution is -2.49. The molecule has 1 aliphatic heterocycles. The highest BCUT2D eigenvalue weighted by Crippen LogP contribution is 2.30. The normalized spacial score (nSPS) is 20.1. The molecule has 6 nitrogen and oxygen atoms in total. The van der Waals surface area contributed by atoms with Gasteiger partial charge in [-0.25, -0.2) is 4.98 Å². The van der Waals surface area contributed by atoms with E-state index < -0.39 is 0 Å². The quantitative estimate of drug-likeness (QED) is 0.741. The van der Waals surface area contributed by atoms with Crippen molar-refractivity contribution in [1.82, 2.24) is 20.1 Å². The third kappa shape index (κ3) is 3.00. The number of anilines is 1. The number of H-pyrrole nitrogens is 1. The summed E-state index contributed by atoms with van der Waals surface area (Å²) in [7, 11) is 0. The monoisotopic (exact) mass is 381 g/mol. The second-order valence-corrected chi connectivity index (χ2v) is 8.63. The zero-order chi connectivity index (χ0) is 18.4. The van der Waals surface area contributed by atoms with E-state index in [1.165, 1.54) is 11.1 Å². The number of rotatable bonds is 2. The van der Waals surface area contributed by atoms with Crippen LogP contribution in [0.5, 0.6) is 0 Å². The molecule has 1 atom stereocenters. The van der Waals surface area contributed by atoms with E-state index in [1.54, 1.807) is 11.3 Å². The molecule has 140 valence electrons. The van der Waals surface area contributed by atoms with Crippen LogP contribution in [-0.2, 0) is 12.8 Å². The van der Waals surface area contributed by atoms with Crippen molar-refractivity contribution < 1.29 is 4.79 Å². The van der Waals surface area contributed by atoms with E-state index >= 15 is 0 Å². The van der Waals surface area contributed by atoms with Gasteiger partial charge in [0.15, 0.2) is 10.8 Å². The first kappa shape index (κ1) is 16.7. The maximum atomic E-state index is 13.0. The molecule has 0 spiro atoms. The first-order valence-corrected chi connectivity index (χ1v) is 10.5. The number of hydrogen-bond donors (Lipinski definition) is 1. The molecule has 1 aromatic carbocycles. The molecule has 1 N–H and O–H groups in total. The average molecular weight is 382 g/mol. The molecule has 1 unspecified atom stereocenters. The second-order valence-electron chi connectivity index (χ2n) is 7.62. The zero-order valence-corrected chi connectivity index (χ0v) is 16.3. The molecular weight excluding hydrogens is 358 g/mol. The van der Waals surface area contributed by atoms with Crippen molar-refractivity contribution in [2.45, 2.75) is 26.2 Å². The van der Waals surface area contributed by atoms with Gasteiger partial charge in [-0.2, -0.15) is 5.10 Å². The lowest BCUT2D eigenvalue weighted by molar-refractivity contribution is 0.0739. The maximum absolute atomic E-state index is 13.0. The van der Waals surface area contributed by atoms with Crippen molar-refractivity contribution in [1.29, 1.82) is 0 Å². The Morgan fingerprint density at radius 1 is 1.22 bits per heavy atom. The van der Waals surface area contributed by atoms with E-state index in [9.17, 15) is 4.79 Å². The number of aryl methyl sites for hydroxylation is 1. The third-order valence-electron chi connectivity index (χ3n) is 5.72. The Morgan fingerprint density at radius 2 is 2.04 bits per heavy atom. The van der Waals surface area contributed by atoms with Crippen molar-refractivity contribution in [2.24, 2.45) is 5.92 Å². The molecule has 0 radical (unpaired) electrons. The van der Waals surface area contributed by atoms with Crippen LogP contribution >= 0.6 is 11.3 Å². The minimum atomic E-state index is 0.0746. The van der Waals surface area contributed by atoms with Gasteiger partial charge in [-0.15, -0.1) is 0 Å². The van der Waals surface area contributed by atoms with Crippen LogP contribution in [0.2, 0.25) is 0 Å². The molecule has 1 aliphatic carbocycles. The van der Waals surface area contributed by atoms with Gasteiger partial charge >= 0.3 is 0 Å². The number of fused-ring (bicyclic) bond motifs is 2. The Labute approximate surface area is 162 Å². The maximum Gasteiger partial charge on any atom is 0.274 e. The number of para-hydroxylation sites is 1. The van der Waals surface area contributed by atoms with Crippen LogP contribution in [0.1, 0.15) is 35.1 Å². The van der Waals surface area contributed by atoms with Gasteiger partial charge in [-0.1, -0.05) is 30.4 Å². The fourth-order valence-electron chi connectivity index (χ4n) is 4.09. The Kier molecular flexibility index (Phi) is 4.11. The number of nitrogens with zero attached hydrogens (tertiary/aromatic N) is 4. The number of aromatic nitrogens is 3. The molecule has 0 saturated carbocycles. The highest BCUT2D eigenvalue weighted by atomic mass is 32.1. The number of benzene rings is 1. The molecule has 1 amide bonds. The lowest BCUT2D eigenvalue weighted by atomic mass is 9.87. The zero-order valence-electron chi connectivity index (χ0n) is 15.4. The molecule has 5 rings (SSSR count). The van der Waals surface area contributed by atoms with Gasteiger partial charge in [-0.05, 0) is 37.3 Å². The summed E-state index contributed by atoms with van der Waals surface area (Å²) in [6.07, 6.45) is 3.13. The van der Waals surface area contributed by atoms with E-state index in [-0.39, 0.29) is 5.91 Å². The number of thiazole rings is 1. The van der Waals surface area contributed by atoms with E-state index in [0.29, 0.717) is 24.7 Å². The average Bonchev–Trinajstić information content (AvgIpc) is 3.31. The van der Waals surface area contributed by atoms with Crippen molar-refractivity contribution >= 4 is 32.6 Å². The smallest absolute Gasteiger partial charge is 0.274 e. The van der Waals surface area contributed by atoms with Crippen molar-refractivity contribution in [3.05, 3.63) is 41.2 Å². The number of nitrogens with one attached hydrogen (secondary N) is 1. The number of piperazine rings is 1. The van der Waals surface area contributed by atoms with Crippen molar-refractivity contribution in [3.63, 3.8) is 0 Å². The Balaban J connectivity index is 1.29. The van der Waals surface area contributed by atoms with Crippen LogP contribution in [0.25, 0.3) is 10.2 Å². The lowest BCUT2D eigenvalue weighted by Gasteiger charge is -2.34. The summed E-state index contributed by atoms with van der Waals surface area (Å²) in [5.74, 6) is 0.697. The van der Waals surface area contributed by atoms with Crippen molar-refractivity contribution in [3.8, 4) is 0 Å². The van der Waals surface area contributed by atoms with E-state index in [0.717, 1.165) is 47.8 Å². The molecule has 2 aromatic heterocycles. The number of amides is 1. The topological polar surface area (TPSA) is 65.1 Å². The van der Waals surface area contributed by atoms with E-state index in [4.69, 9.17) is 4.98 Å². The Morgan fingerprint density at radius 3 is 2.85 bits per heavy atom. The van der Waals surface area contributed by atoms with Gasteiger partial charge in [0.2, 0.25) is 0 Å². The largest absolute Gasteiger partial charge is 0.345 e. The molecule has 3 aromatic rings. The van der Waals surface area contributed by atoms with Crippen LogP contribution in [0, 0.1) is 5.92 Å². The molecule has 27 heavy (non-hydrogen) atoms. The predicted molar refractivity (Wildman–Crippen MR) is 108 cm³/mol. The highest BCUT2D eigenvalue weighted by molar-refractivity contribution is 7.22. The van der Waals surface area contributed by atoms with Crippen LogP contribution in [0.3, 0.4) is 0 Å². The van der Waals surface area contributed by atoms with E-state index in [2.05, 4.69) is 34.2 Å². The molecule has 3 heterocycles. The number of carbonyl (C=O) groups excluding carboxylic acids is 1. The first-order valence-electron chi connectivity index (χ1n) is 9.65. The molecule has 1 saturated heterocycles. The third-order valence-corrected chi connectivity index (χ3v) is 6.81. The van der Waals surface area contributed by atoms with Gasteiger partial charge < -0.3 is 9.80 Å².